The lowest BCUT2D eigenvalue weighted by Gasteiger charge is -2.40. The van der Waals surface area contributed by atoms with Crippen molar-refractivity contribution in [1.82, 2.24) is 14.9 Å². The molecule has 13 nitrogen and oxygen atoms in total. The summed E-state index contributed by atoms with van der Waals surface area (Å²) in [7, 11) is -2.47. The first-order valence-electron chi connectivity index (χ1n) is 13.0. The molecule has 0 saturated carbocycles. The Morgan fingerprint density at radius 2 is 1.93 bits per heavy atom. The first-order chi connectivity index (χ1) is 19.9. The highest BCUT2D eigenvalue weighted by atomic mass is 79.9. The number of hydrogen-bond donors (Lipinski definition) is 1. The molecule has 0 radical (unpaired) electrons. The van der Waals surface area contributed by atoms with Gasteiger partial charge in [-0.2, -0.15) is 13.5 Å². The van der Waals surface area contributed by atoms with E-state index in [-0.39, 0.29) is 17.6 Å². The number of carbonyl (C=O) groups is 3. The number of alkyl carbamates (subject to hydrolysis) is 1. The van der Waals surface area contributed by atoms with Crippen LogP contribution in [0.4, 0.5) is 9.59 Å². The number of halogens is 2. The third-order valence-electron chi connectivity index (χ3n) is 6.03. The van der Waals surface area contributed by atoms with Gasteiger partial charge in [-0.1, -0.05) is 23.4 Å². The molecule has 3 atom stereocenters. The molecule has 1 aromatic carbocycles. The Balaban J connectivity index is 2.30. The minimum absolute atomic E-state index is 0.0873. The van der Waals surface area contributed by atoms with Crippen LogP contribution < -0.4 is 10.1 Å². The maximum absolute atomic E-state index is 13.6. The Hall–Kier alpha value is -2.08. The average molecular weight is 729 g/mol. The zero-order chi connectivity index (χ0) is 32.3. The molecule has 1 unspecified atom stereocenters. The summed E-state index contributed by atoms with van der Waals surface area (Å²) in [6.07, 6.45) is -0.443. The van der Waals surface area contributed by atoms with Crippen LogP contribution in [0.3, 0.4) is 0 Å². The Morgan fingerprint density at radius 1 is 1.26 bits per heavy atom. The lowest BCUT2D eigenvalue weighted by atomic mass is 9.94. The molecule has 1 aliphatic heterocycles. The molecule has 2 aromatic rings. The Labute approximate surface area is 268 Å². The molecule has 0 bridgehead atoms. The summed E-state index contributed by atoms with van der Waals surface area (Å²) in [5, 5.41) is 4.64. The number of fused-ring (bicyclic) bond motifs is 3. The topological polar surface area (TPSA) is 152 Å². The summed E-state index contributed by atoms with van der Waals surface area (Å²) >= 11 is 10.4. The molecule has 1 aliphatic rings. The van der Waals surface area contributed by atoms with Gasteiger partial charge in [-0.25, -0.2) is 14.2 Å². The number of nitrogens with one attached hydrogen (secondary N) is 1. The van der Waals surface area contributed by atoms with E-state index in [1.165, 1.54) is 30.6 Å². The van der Waals surface area contributed by atoms with Crippen LogP contribution in [-0.4, -0.2) is 85.0 Å². The Kier molecular flexibility index (Phi) is 11.8. The average Bonchev–Trinajstić information content (AvgIpc) is 3.16. The summed E-state index contributed by atoms with van der Waals surface area (Å²) in [5.41, 5.74) is -0.414. The van der Waals surface area contributed by atoms with Crippen molar-refractivity contribution < 1.29 is 46.0 Å². The van der Waals surface area contributed by atoms with Gasteiger partial charge in [-0.3, -0.25) is 13.8 Å². The van der Waals surface area contributed by atoms with Gasteiger partial charge in [0.1, 0.15) is 17.3 Å². The van der Waals surface area contributed by atoms with Gasteiger partial charge in [0.25, 0.3) is 10.1 Å². The molecular formula is C26H35BrClN3O10S2. The molecule has 3 rings (SSSR count). The lowest BCUT2D eigenvalue weighted by Crippen LogP contribution is -2.52. The number of carbonyl (C=O) groups excluding carboxylic acids is 3. The Morgan fingerprint density at radius 3 is 2.49 bits per heavy atom. The minimum Gasteiger partial charge on any atom is -0.496 e. The van der Waals surface area contributed by atoms with E-state index < -0.39 is 52.2 Å². The van der Waals surface area contributed by atoms with Gasteiger partial charge in [-0.15, -0.1) is 0 Å². The van der Waals surface area contributed by atoms with Crippen molar-refractivity contribution in [2.75, 3.05) is 32.5 Å². The molecule has 1 aromatic heterocycles. The quantitative estimate of drug-likeness (QED) is 0.201. The second-order valence-corrected chi connectivity index (χ2v) is 14.8. The van der Waals surface area contributed by atoms with Gasteiger partial charge in [0, 0.05) is 18.9 Å². The molecular weight excluding hydrogens is 694 g/mol. The molecule has 0 spiro atoms. The number of methoxy groups -OCH3 is 1. The Bertz CT molecular complexity index is 1480. The summed E-state index contributed by atoms with van der Waals surface area (Å²) < 4.78 is 47.6. The number of nitrogens with zero attached hydrogens (tertiary/aromatic N) is 2. The third kappa shape index (κ3) is 9.45. The van der Waals surface area contributed by atoms with Crippen molar-refractivity contribution in [3.63, 3.8) is 0 Å². The highest BCUT2D eigenvalue weighted by Gasteiger charge is 2.42. The molecule has 17 heteroatoms. The first-order valence-corrected chi connectivity index (χ1v) is 17.1. The molecule has 0 saturated heterocycles. The third-order valence-corrected chi connectivity index (χ3v) is 7.93. The van der Waals surface area contributed by atoms with E-state index in [1.54, 1.807) is 32.9 Å². The van der Waals surface area contributed by atoms with E-state index in [2.05, 4.69) is 21.2 Å². The monoisotopic (exact) mass is 727 g/mol. The number of benzene rings is 1. The van der Waals surface area contributed by atoms with E-state index >= 15 is 0 Å². The zero-order valence-corrected chi connectivity index (χ0v) is 28.7. The number of hydrogen-bond acceptors (Lipinski definition) is 12. The van der Waals surface area contributed by atoms with Crippen molar-refractivity contribution in [1.29, 1.82) is 0 Å². The normalized spacial score (nSPS) is 17.2. The van der Waals surface area contributed by atoms with Crippen LogP contribution >= 0.6 is 39.3 Å². The van der Waals surface area contributed by atoms with E-state index in [4.69, 9.17) is 34.8 Å². The number of ether oxygens (including phenoxy) is 3. The summed E-state index contributed by atoms with van der Waals surface area (Å²) in [6, 6.07) is 1.25. The van der Waals surface area contributed by atoms with Gasteiger partial charge in [0.15, 0.2) is 10.7 Å². The highest BCUT2D eigenvalue weighted by molar-refractivity contribution is 9.10. The van der Waals surface area contributed by atoms with Crippen LogP contribution in [0.1, 0.15) is 51.9 Å². The van der Waals surface area contributed by atoms with Gasteiger partial charge in [-0.05, 0) is 67.7 Å². The van der Waals surface area contributed by atoms with Gasteiger partial charge >= 0.3 is 12.2 Å². The van der Waals surface area contributed by atoms with Crippen LogP contribution in [-0.2, 0) is 39.8 Å². The number of thioether (sulfide) groups is 1. The van der Waals surface area contributed by atoms with Gasteiger partial charge < -0.3 is 19.5 Å². The molecule has 1 amide bonds. The van der Waals surface area contributed by atoms with Crippen LogP contribution in [0, 0.1) is 0 Å². The van der Waals surface area contributed by atoms with E-state index in [9.17, 15) is 22.8 Å². The molecule has 0 aliphatic carbocycles. The van der Waals surface area contributed by atoms with Crippen molar-refractivity contribution in [3.05, 3.63) is 27.9 Å². The van der Waals surface area contributed by atoms with Crippen LogP contribution in [0.2, 0.25) is 0 Å². The van der Waals surface area contributed by atoms with Crippen molar-refractivity contribution in [3.8, 4) is 5.75 Å². The maximum atomic E-state index is 13.6. The SMILES string of the molecule is COc1cc2c3c(n(C(=O)OC(C)Cl)c2cc1Br)[C@H]([C@@H](COS(C)(=O)=O)NC(=O)OC(C)(C)C)N(OCSC(C)=O)CC3. The number of hydroxylamine groups is 2. The van der Waals surface area contributed by atoms with Crippen molar-refractivity contribution in [2.24, 2.45) is 0 Å². The number of rotatable bonds is 10. The molecule has 2 heterocycles. The fraction of sp³-hybridized carbons (Fsp3) is 0.577. The van der Waals surface area contributed by atoms with Crippen molar-refractivity contribution in [2.45, 2.75) is 64.3 Å². The largest absolute Gasteiger partial charge is 0.496 e. The van der Waals surface area contributed by atoms with Gasteiger partial charge in [0.05, 0.1) is 47.7 Å². The summed E-state index contributed by atoms with van der Waals surface area (Å²) in [4.78, 5) is 44.3. The second kappa shape index (κ2) is 14.3. The fourth-order valence-electron chi connectivity index (χ4n) is 4.57. The van der Waals surface area contributed by atoms with Crippen LogP contribution in [0.25, 0.3) is 10.9 Å². The zero-order valence-electron chi connectivity index (χ0n) is 24.8. The van der Waals surface area contributed by atoms with E-state index in [1.807, 2.05) is 0 Å². The van der Waals surface area contributed by atoms with E-state index in [0.717, 1.165) is 18.0 Å². The predicted octanol–water partition coefficient (Wildman–Crippen LogP) is 4.92. The second-order valence-electron chi connectivity index (χ2n) is 10.6. The smallest absolute Gasteiger partial charge is 0.420 e. The van der Waals surface area contributed by atoms with Crippen LogP contribution in [0.5, 0.6) is 5.75 Å². The van der Waals surface area contributed by atoms with Gasteiger partial charge in [0.2, 0.25) is 0 Å². The molecule has 43 heavy (non-hydrogen) atoms. The molecule has 240 valence electrons. The predicted molar refractivity (Wildman–Crippen MR) is 165 cm³/mol. The number of aromatic nitrogens is 1. The highest BCUT2D eigenvalue weighted by Crippen LogP contribution is 2.42. The van der Waals surface area contributed by atoms with E-state index in [0.29, 0.717) is 38.8 Å². The standard InChI is InChI=1S/C26H35BrClN3O10S2/c1-14(28)40-25(34)31-20-11-18(27)21(37-6)10-17(20)16-8-9-30(38-13-42-15(2)32)23(22(16)31)19(12-39-43(7,35)36)29-24(33)41-26(3,4)5/h10-11,14,19,23H,8-9,12-13H2,1-7H3,(H,29,33)/t14?,19-,23+/m1/s1. The fourth-order valence-corrected chi connectivity index (χ4v) is 5.89. The molecule has 0 fully saturated rings. The van der Waals surface area contributed by atoms with Crippen molar-refractivity contribution >= 4 is 77.6 Å². The lowest BCUT2D eigenvalue weighted by molar-refractivity contribution is -0.184. The van der Waals surface area contributed by atoms with Crippen LogP contribution in [0.15, 0.2) is 16.6 Å². The number of amides is 1. The minimum atomic E-state index is -3.97. The molecule has 1 N–H and O–H groups in total. The maximum Gasteiger partial charge on any atom is 0.420 e. The number of alkyl halides is 1. The first kappa shape index (κ1) is 35.4. The summed E-state index contributed by atoms with van der Waals surface area (Å²) in [5.74, 6) is 0.416. The summed E-state index contributed by atoms with van der Waals surface area (Å²) in [6.45, 7) is 7.59.